The lowest BCUT2D eigenvalue weighted by Gasteiger charge is -2.07. The van der Waals surface area contributed by atoms with Crippen molar-refractivity contribution in [1.29, 1.82) is 0 Å². The van der Waals surface area contributed by atoms with E-state index in [2.05, 4.69) is 20.4 Å². The Kier molecular flexibility index (Phi) is 3.57. The molecule has 3 rings (SSSR count). The Labute approximate surface area is 125 Å². The number of nitrogens with one attached hydrogen (secondary N) is 3. The van der Waals surface area contributed by atoms with Gasteiger partial charge in [-0.1, -0.05) is 24.3 Å². The van der Waals surface area contributed by atoms with Gasteiger partial charge in [0, 0.05) is 5.39 Å². The van der Waals surface area contributed by atoms with Gasteiger partial charge >= 0.3 is 0 Å². The Hall–Kier alpha value is -2.78. The smallest absolute Gasteiger partial charge is 0.284 e. The third-order valence-electron chi connectivity index (χ3n) is 2.89. The highest BCUT2D eigenvalue weighted by molar-refractivity contribution is 7.89. The van der Waals surface area contributed by atoms with Gasteiger partial charge in [0.25, 0.3) is 15.9 Å². The van der Waals surface area contributed by atoms with Crippen molar-refractivity contribution in [2.45, 2.75) is 5.03 Å². The molecule has 0 aliphatic rings. The van der Waals surface area contributed by atoms with Gasteiger partial charge in [0.1, 0.15) is 5.69 Å². The number of imidazole rings is 1. The molecule has 22 heavy (non-hydrogen) atoms. The predicted molar refractivity (Wildman–Crippen MR) is 78.1 cm³/mol. The normalized spacial score (nSPS) is 11.5. The van der Waals surface area contributed by atoms with Crippen LogP contribution >= 0.6 is 0 Å². The van der Waals surface area contributed by atoms with Gasteiger partial charge in [-0.2, -0.15) is 0 Å². The molecule has 3 aromatic rings. The van der Waals surface area contributed by atoms with Crippen LogP contribution in [0.4, 0.5) is 0 Å². The molecule has 0 unspecified atom stereocenters. The largest absolute Gasteiger partial charge is 0.335 e. The highest BCUT2D eigenvalue weighted by atomic mass is 32.2. The lowest BCUT2D eigenvalue weighted by Crippen LogP contribution is -2.41. The number of amides is 1. The van der Waals surface area contributed by atoms with Gasteiger partial charge in [0.15, 0.2) is 5.03 Å². The van der Waals surface area contributed by atoms with E-state index >= 15 is 0 Å². The van der Waals surface area contributed by atoms with Crippen LogP contribution in [0.5, 0.6) is 0 Å². The number of benzene rings is 1. The van der Waals surface area contributed by atoms with Crippen LogP contribution in [0.1, 0.15) is 10.5 Å². The quantitative estimate of drug-likeness (QED) is 0.609. The molecule has 0 aliphatic heterocycles. The fraction of sp³-hybridized carbons (Fsp3) is 0. The van der Waals surface area contributed by atoms with Crippen molar-refractivity contribution in [3.8, 4) is 0 Å². The molecule has 0 bridgehead atoms. The van der Waals surface area contributed by atoms with Crippen LogP contribution in [0.15, 0.2) is 53.9 Å². The zero-order valence-electron chi connectivity index (χ0n) is 11.1. The minimum atomic E-state index is -3.89. The Bertz CT molecular complexity index is 922. The summed E-state index contributed by atoms with van der Waals surface area (Å²) in [6.07, 6.45) is 2.35. The van der Waals surface area contributed by atoms with Crippen molar-refractivity contribution >= 4 is 26.8 Å². The molecule has 2 heterocycles. The molecular formula is C13H11N5O3S. The summed E-state index contributed by atoms with van der Waals surface area (Å²) in [5.74, 6) is -0.658. The lowest BCUT2D eigenvalue weighted by atomic mass is 10.2. The summed E-state index contributed by atoms with van der Waals surface area (Å²) < 4.78 is 23.6. The molecule has 9 heteroatoms. The number of pyridine rings is 1. The van der Waals surface area contributed by atoms with Gasteiger partial charge in [-0.25, -0.2) is 18.4 Å². The van der Waals surface area contributed by atoms with E-state index in [1.54, 1.807) is 18.2 Å². The fourth-order valence-corrected chi connectivity index (χ4v) is 2.56. The highest BCUT2D eigenvalue weighted by Gasteiger charge is 2.17. The maximum atomic E-state index is 12.0. The number of rotatable bonds is 4. The Balaban J connectivity index is 1.76. The molecule has 1 amide bonds. The van der Waals surface area contributed by atoms with Crippen LogP contribution in [0, 0.1) is 0 Å². The average Bonchev–Trinajstić information content (AvgIpc) is 3.07. The van der Waals surface area contributed by atoms with E-state index in [9.17, 15) is 13.2 Å². The fourth-order valence-electron chi connectivity index (χ4n) is 1.82. The number of aromatic amines is 1. The molecule has 2 aromatic heterocycles. The summed E-state index contributed by atoms with van der Waals surface area (Å²) in [7, 11) is -3.89. The number of sulfonamides is 1. The molecule has 0 aliphatic carbocycles. The van der Waals surface area contributed by atoms with Gasteiger partial charge < -0.3 is 4.98 Å². The van der Waals surface area contributed by atoms with Crippen LogP contribution in [-0.4, -0.2) is 29.3 Å². The average molecular weight is 317 g/mol. The number of para-hydroxylation sites is 1. The third kappa shape index (κ3) is 2.80. The maximum absolute atomic E-state index is 12.0. The monoisotopic (exact) mass is 317 g/mol. The first-order chi connectivity index (χ1) is 10.6. The van der Waals surface area contributed by atoms with Crippen molar-refractivity contribution in [3.63, 3.8) is 0 Å². The van der Waals surface area contributed by atoms with Crippen molar-refractivity contribution in [3.05, 3.63) is 54.6 Å². The Morgan fingerprint density at radius 1 is 1.14 bits per heavy atom. The number of hydrogen-bond donors (Lipinski definition) is 3. The summed E-state index contributed by atoms with van der Waals surface area (Å²) in [4.78, 5) is 24.2. The third-order valence-corrected chi connectivity index (χ3v) is 4.07. The number of carbonyl (C=O) groups is 1. The maximum Gasteiger partial charge on any atom is 0.284 e. The summed E-state index contributed by atoms with van der Waals surface area (Å²) in [6.45, 7) is 0. The van der Waals surface area contributed by atoms with Crippen LogP contribution in [0.2, 0.25) is 0 Å². The summed E-state index contributed by atoms with van der Waals surface area (Å²) >= 11 is 0. The topological polar surface area (TPSA) is 117 Å². The first-order valence-corrected chi connectivity index (χ1v) is 7.71. The van der Waals surface area contributed by atoms with Crippen LogP contribution in [0.25, 0.3) is 10.9 Å². The van der Waals surface area contributed by atoms with Crippen LogP contribution < -0.4 is 10.3 Å². The number of hydrazine groups is 1. The van der Waals surface area contributed by atoms with Gasteiger partial charge in [0.2, 0.25) is 0 Å². The van der Waals surface area contributed by atoms with Gasteiger partial charge in [-0.05, 0) is 12.1 Å². The molecule has 112 valence electrons. The molecule has 1 aromatic carbocycles. The number of nitrogens with zero attached hydrogens (tertiary/aromatic N) is 2. The van der Waals surface area contributed by atoms with Crippen molar-refractivity contribution < 1.29 is 13.2 Å². The molecule has 0 atom stereocenters. The van der Waals surface area contributed by atoms with Crippen molar-refractivity contribution in [2.24, 2.45) is 0 Å². The SMILES string of the molecule is O=C(NNS(=O)(=O)c1cnc[nH]1)c1ccc2ccccc2n1. The van der Waals surface area contributed by atoms with E-state index in [4.69, 9.17) is 0 Å². The second-order valence-corrected chi connectivity index (χ2v) is 6.02. The summed E-state index contributed by atoms with van der Waals surface area (Å²) in [6, 6.07) is 10.6. The molecule has 0 saturated carbocycles. The van der Waals surface area contributed by atoms with Crippen molar-refractivity contribution in [1.82, 2.24) is 25.2 Å². The minimum Gasteiger partial charge on any atom is -0.335 e. The Morgan fingerprint density at radius 2 is 1.95 bits per heavy atom. The first kappa shape index (κ1) is 14.2. The highest BCUT2D eigenvalue weighted by Crippen LogP contribution is 2.11. The number of hydrogen-bond acceptors (Lipinski definition) is 5. The first-order valence-electron chi connectivity index (χ1n) is 6.22. The second-order valence-electron chi connectivity index (χ2n) is 4.36. The number of H-pyrrole nitrogens is 1. The van der Waals surface area contributed by atoms with E-state index in [0.29, 0.717) is 5.52 Å². The molecule has 3 N–H and O–H groups in total. The van der Waals surface area contributed by atoms with Crippen LogP contribution in [0.3, 0.4) is 0 Å². The van der Waals surface area contributed by atoms with E-state index in [1.165, 1.54) is 12.4 Å². The molecule has 0 radical (unpaired) electrons. The minimum absolute atomic E-state index is 0.103. The molecular weight excluding hydrogens is 306 g/mol. The number of carbonyl (C=O) groups excluding carboxylic acids is 1. The van der Waals surface area contributed by atoms with Crippen molar-refractivity contribution in [2.75, 3.05) is 0 Å². The molecule has 0 spiro atoms. The van der Waals surface area contributed by atoms with E-state index < -0.39 is 15.9 Å². The predicted octanol–water partition coefficient (Wildman–Crippen LogP) is 0.581. The second kappa shape index (κ2) is 5.54. The number of fused-ring (bicyclic) bond motifs is 1. The molecule has 0 saturated heterocycles. The molecule has 8 nitrogen and oxygen atoms in total. The number of aromatic nitrogens is 3. The van der Waals surface area contributed by atoms with Gasteiger partial charge in [0.05, 0.1) is 18.0 Å². The summed E-state index contributed by atoms with van der Waals surface area (Å²) in [5, 5.41) is 0.733. The van der Waals surface area contributed by atoms with E-state index in [-0.39, 0.29) is 10.7 Å². The van der Waals surface area contributed by atoms with Crippen LogP contribution in [-0.2, 0) is 10.0 Å². The zero-order chi connectivity index (χ0) is 15.6. The molecule has 0 fully saturated rings. The van der Waals surface area contributed by atoms with Gasteiger partial charge in [-0.3, -0.25) is 10.2 Å². The zero-order valence-corrected chi connectivity index (χ0v) is 12.0. The summed E-state index contributed by atoms with van der Waals surface area (Å²) in [5.41, 5.74) is 2.85. The Morgan fingerprint density at radius 3 is 2.73 bits per heavy atom. The van der Waals surface area contributed by atoms with E-state index in [1.807, 2.05) is 17.0 Å². The lowest BCUT2D eigenvalue weighted by molar-refractivity contribution is 0.0940. The standard InChI is InChI=1S/C13H11N5O3S/c19-13(17-18-22(20,21)12-7-14-8-15-12)11-6-5-9-3-1-2-4-10(9)16-11/h1-8,18H,(H,14,15)(H,17,19). The van der Waals surface area contributed by atoms with E-state index in [0.717, 1.165) is 11.6 Å². The van der Waals surface area contributed by atoms with Gasteiger partial charge in [-0.15, -0.1) is 4.83 Å².